The highest BCUT2D eigenvalue weighted by Gasteiger charge is 2.28. The number of ether oxygens (including phenoxy) is 2. The molecule has 0 aliphatic carbocycles. The number of carbonyl (C=O) groups excluding carboxylic acids is 2. The molecule has 174 valence electrons. The van der Waals surface area contributed by atoms with Crippen molar-refractivity contribution in [2.45, 2.75) is 58.4 Å². The van der Waals surface area contributed by atoms with Crippen LogP contribution < -0.4 is 5.32 Å². The van der Waals surface area contributed by atoms with Gasteiger partial charge in [0.05, 0.1) is 6.54 Å². The number of tetrazole rings is 1. The topological polar surface area (TPSA) is 108 Å². The van der Waals surface area contributed by atoms with Gasteiger partial charge in [-0.05, 0) is 48.7 Å². The van der Waals surface area contributed by atoms with Crippen molar-refractivity contribution in [1.82, 2.24) is 25.5 Å². The van der Waals surface area contributed by atoms with Gasteiger partial charge in [0.25, 0.3) is 0 Å². The molecule has 9 nitrogen and oxygen atoms in total. The van der Waals surface area contributed by atoms with E-state index in [1.54, 1.807) is 25.5 Å². The highest BCUT2D eigenvalue weighted by molar-refractivity contribution is 5.81. The molecule has 9 heteroatoms. The van der Waals surface area contributed by atoms with Crippen LogP contribution in [0.4, 0.5) is 4.79 Å². The first kappa shape index (κ1) is 23.9. The van der Waals surface area contributed by atoms with Gasteiger partial charge >= 0.3 is 12.1 Å². The van der Waals surface area contributed by atoms with E-state index in [0.29, 0.717) is 18.8 Å². The Hall–Kier alpha value is -3.75. The van der Waals surface area contributed by atoms with Gasteiger partial charge in [0.2, 0.25) is 0 Å². The highest BCUT2D eigenvalue weighted by Crippen LogP contribution is 2.12. The smallest absolute Gasteiger partial charge is 0.408 e. The second-order valence-corrected chi connectivity index (χ2v) is 8.57. The first-order valence-electron chi connectivity index (χ1n) is 10.8. The largest absolute Gasteiger partial charge is 0.458 e. The molecule has 0 saturated carbocycles. The van der Waals surface area contributed by atoms with Gasteiger partial charge in [-0.15, -0.1) is 5.10 Å². The van der Waals surface area contributed by atoms with Crippen LogP contribution in [0.1, 0.15) is 44.1 Å². The summed E-state index contributed by atoms with van der Waals surface area (Å²) >= 11 is 0. The summed E-state index contributed by atoms with van der Waals surface area (Å²) in [5.41, 5.74) is 1.21. The number of benzene rings is 2. The normalized spacial score (nSPS) is 12.1. The average Bonchev–Trinajstić information content (AvgIpc) is 3.22. The van der Waals surface area contributed by atoms with Crippen LogP contribution >= 0.6 is 0 Å². The summed E-state index contributed by atoms with van der Waals surface area (Å²) in [5.74, 6) is 0.0631. The number of hydrogen-bond donors (Lipinski definition) is 1. The first-order valence-corrected chi connectivity index (χ1v) is 10.8. The zero-order valence-corrected chi connectivity index (χ0v) is 19.1. The second-order valence-electron chi connectivity index (χ2n) is 8.57. The molecular weight excluding hydrogens is 422 g/mol. The van der Waals surface area contributed by atoms with Crippen LogP contribution in [0.25, 0.3) is 0 Å². The standard InChI is InChI=1S/C24H29N5O4/c1-24(2,3)33-22(30)20(25-23(31)32-17-19-12-8-5-9-13-19)14-15-21-26-27-28-29(21)16-18-10-6-4-7-11-18/h4-13,20H,14-17H2,1-3H3,(H,25,31). The lowest BCUT2D eigenvalue weighted by Crippen LogP contribution is -2.44. The van der Waals surface area contributed by atoms with Gasteiger partial charge in [-0.1, -0.05) is 60.7 Å². The molecule has 0 saturated heterocycles. The Balaban J connectivity index is 1.63. The summed E-state index contributed by atoms with van der Waals surface area (Å²) in [6, 6.07) is 18.2. The van der Waals surface area contributed by atoms with E-state index in [2.05, 4.69) is 20.8 Å². The summed E-state index contributed by atoms with van der Waals surface area (Å²) in [5, 5.41) is 14.5. The molecule has 33 heavy (non-hydrogen) atoms. The van der Waals surface area contributed by atoms with E-state index in [1.807, 2.05) is 60.7 Å². The van der Waals surface area contributed by atoms with Gasteiger partial charge < -0.3 is 14.8 Å². The van der Waals surface area contributed by atoms with Gasteiger partial charge in [0.1, 0.15) is 18.2 Å². The lowest BCUT2D eigenvalue weighted by molar-refractivity contribution is -0.157. The number of nitrogens with one attached hydrogen (secondary N) is 1. The number of esters is 1. The van der Waals surface area contributed by atoms with Crippen molar-refractivity contribution >= 4 is 12.1 Å². The number of hydrogen-bond acceptors (Lipinski definition) is 7. The Morgan fingerprint density at radius 1 is 1.00 bits per heavy atom. The molecule has 0 bridgehead atoms. The minimum Gasteiger partial charge on any atom is -0.458 e. The molecule has 0 spiro atoms. The van der Waals surface area contributed by atoms with Crippen molar-refractivity contribution in [2.24, 2.45) is 0 Å². The minimum absolute atomic E-state index is 0.100. The molecule has 3 aromatic rings. The Bertz CT molecular complexity index is 1030. The van der Waals surface area contributed by atoms with E-state index >= 15 is 0 Å². The molecule has 2 aromatic carbocycles. The number of alkyl carbamates (subject to hydrolysis) is 1. The third kappa shape index (κ3) is 8.03. The van der Waals surface area contributed by atoms with E-state index in [4.69, 9.17) is 9.47 Å². The van der Waals surface area contributed by atoms with Crippen LogP contribution in [0.2, 0.25) is 0 Å². The number of amides is 1. The van der Waals surface area contributed by atoms with Crippen LogP contribution in [0, 0.1) is 0 Å². The van der Waals surface area contributed by atoms with E-state index in [9.17, 15) is 9.59 Å². The van der Waals surface area contributed by atoms with Crippen LogP contribution in [0.5, 0.6) is 0 Å². The predicted molar refractivity (Wildman–Crippen MR) is 121 cm³/mol. The van der Waals surface area contributed by atoms with Gasteiger partial charge in [0.15, 0.2) is 5.82 Å². The van der Waals surface area contributed by atoms with Gasteiger partial charge in [-0.25, -0.2) is 14.3 Å². The monoisotopic (exact) mass is 451 g/mol. The number of nitrogens with zero attached hydrogens (tertiary/aromatic N) is 4. The van der Waals surface area contributed by atoms with Crippen LogP contribution in [-0.2, 0) is 33.8 Å². The Morgan fingerprint density at radius 2 is 1.64 bits per heavy atom. The Kier molecular flexibility index (Phi) is 8.12. The molecular formula is C24H29N5O4. The van der Waals surface area contributed by atoms with Crippen molar-refractivity contribution in [3.05, 3.63) is 77.6 Å². The van der Waals surface area contributed by atoms with Crippen LogP contribution in [-0.4, -0.2) is 43.9 Å². The van der Waals surface area contributed by atoms with Crippen molar-refractivity contribution < 1.29 is 19.1 Å². The van der Waals surface area contributed by atoms with E-state index in [-0.39, 0.29) is 13.0 Å². The molecule has 3 rings (SSSR count). The molecule has 1 aromatic heterocycles. The zero-order chi connectivity index (χ0) is 23.7. The molecule has 1 amide bonds. The molecule has 0 aliphatic heterocycles. The summed E-state index contributed by atoms with van der Waals surface area (Å²) in [7, 11) is 0. The molecule has 1 atom stereocenters. The van der Waals surface area contributed by atoms with E-state index < -0.39 is 23.7 Å². The highest BCUT2D eigenvalue weighted by atomic mass is 16.6. The fraction of sp³-hybridized carbons (Fsp3) is 0.375. The fourth-order valence-electron chi connectivity index (χ4n) is 3.08. The van der Waals surface area contributed by atoms with Gasteiger partial charge in [-0.3, -0.25) is 0 Å². The maximum atomic E-state index is 12.8. The summed E-state index contributed by atoms with van der Waals surface area (Å²) in [6.07, 6.45) is -0.0775. The van der Waals surface area contributed by atoms with Crippen molar-refractivity contribution in [1.29, 1.82) is 0 Å². The molecule has 0 aliphatic rings. The molecule has 0 fully saturated rings. The van der Waals surface area contributed by atoms with Gasteiger partial charge in [-0.2, -0.15) is 0 Å². The van der Waals surface area contributed by atoms with Crippen molar-refractivity contribution in [2.75, 3.05) is 0 Å². The summed E-state index contributed by atoms with van der Waals surface area (Å²) in [4.78, 5) is 25.1. The lowest BCUT2D eigenvalue weighted by atomic mass is 10.1. The van der Waals surface area contributed by atoms with Crippen LogP contribution in [0.3, 0.4) is 0 Å². The molecule has 0 radical (unpaired) electrons. The van der Waals surface area contributed by atoms with Crippen molar-refractivity contribution in [3.8, 4) is 0 Å². The zero-order valence-electron chi connectivity index (χ0n) is 19.1. The maximum Gasteiger partial charge on any atom is 0.408 e. The molecule has 1 N–H and O–H groups in total. The minimum atomic E-state index is -0.908. The predicted octanol–water partition coefficient (Wildman–Crippen LogP) is 3.29. The first-order chi connectivity index (χ1) is 15.8. The lowest BCUT2D eigenvalue weighted by Gasteiger charge is -2.24. The number of aromatic nitrogens is 4. The Labute approximate surface area is 193 Å². The van der Waals surface area contributed by atoms with Crippen molar-refractivity contribution in [3.63, 3.8) is 0 Å². The number of carbonyl (C=O) groups is 2. The SMILES string of the molecule is CC(C)(C)OC(=O)C(CCc1nnnn1Cc1ccccc1)NC(=O)OCc1ccccc1. The summed E-state index contributed by atoms with van der Waals surface area (Å²) < 4.78 is 12.4. The van der Waals surface area contributed by atoms with Gasteiger partial charge in [0, 0.05) is 6.42 Å². The second kappa shape index (κ2) is 11.2. The molecule has 1 heterocycles. The Morgan fingerprint density at radius 3 is 2.27 bits per heavy atom. The average molecular weight is 452 g/mol. The van der Waals surface area contributed by atoms with E-state index in [0.717, 1.165) is 11.1 Å². The summed E-state index contributed by atoms with van der Waals surface area (Å²) in [6.45, 7) is 5.93. The fourth-order valence-corrected chi connectivity index (χ4v) is 3.08. The third-order valence-electron chi connectivity index (χ3n) is 4.63. The third-order valence-corrected chi connectivity index (χ3v) is 4.63. The molecule has 1 unspecified atom stereocenters. The quantitative estimate of drug-likeness (QED) is 0.497. The van der Waals surface area contributed by atoms with Crippen LogP contribution in [0.15, 0.2) is 60.7 Å². The maximum absolute atomic E-state index is 12.8. The number of aryl methyl sites for hydroxylation is 1. The van der Waals surface area contributed by atoms with E-state index in [1.165, 1.54) is 0 Å². The number of rotatable bonds is 9.